The van der Waals surface area contributed by atoms with Crippen molar-refractivity contribution in [3.8, 4) is 0 Å². The fourth-order valence-corrected chi connectivity index (χ4v) is 2.36. The average Bonchev–Trinajstić information content (AvgIpc) is 2.59. The summed E-state index contributed by atoms with van der Waals surface area (Å²) in [6.07, 6.45) is 0. The van der Waals surface area contributed by atoms with E-state index in [0.29, 0.717) is 10.5 Å². The highest BCUT2D eigenvalue weighted by Crippen LogP contribution is 2.26. The third kappa shape index (κ3) is 2.35. The SMILES string of the molecule is Cc1ccc2nc(NC(=O)CBr)sc2c1. The molecule has 0 fully saturated rings. The Hall–Kier alpha value is -0.940. The van der Waals surface area contributed by atoms with Gasteiger partial charge in [-0.3, -0.25) is 4.79 Å². The molecule has 2 aromatic rings. The molecule has 5 heteroatoms. The van der Waals surface area contributed by atoms with Gasteiger partial charge in [0, 0.05) is 0 Å². The van der Waals surface area contributed by atoms with E-state index in [0.717, 1.165) is 10.2 Å². The van der Waals surface area contributed by atoms with Crippen LogP contribution in [0.2, 0.25) is 0 Å². The number of carbonyl (C=O) groups is 1. The molecule has 0 saturated heterocycles. The summed E-state index contributed by atoms with van der Waals surface area (Å²) in [5, 5.41) is 3.67. The molecule has 1 aromatic carbocycles. The molecule has 0 atom stereocenters. The van der Waals surface area contributed by atoms with Crippen LogP contribution in [0.4, 0.5) is 5.13 Å². The molecule has 78 valence electrons. The number of anilines is 1. The quantitative estimate of drug-likeness (QED) is 0.862. The maximum absolute atomic E-state index is 11.1. The van der Waals surface area contributed by atoms with Crippen LogP contribution in [0.3, 0.4) is 0 Å². The minimum atomic E-state index is -0.0780. The molecule has 1 amide bonds. The maximum Gasteiger partial charge on any atom is 0.236 e. The van der Waals surface area contributed by atoms with Crippen molar-refractivity contribution in [1.29, 1.82) is 0 Å². The summed E-state index contributed by atoms with van der Waals surface area (Å²) in [4.78, 5) is 15.4. The van der Waals surface area contributed by atoms with Crippen LogP contribution in [-0.4, -0.2) is 16.2 Å². The Bertz CT molecular complexity index is 509. The van der Waals surface area contributed by atoms with E-state index in [1.54, 1.807) is 0 Å². The van der Waals surface area contributed by atoms with Crippen molar-refractivity contribution in [2.24, 2.45) is 0 Å². The summed E-state index contributed by atoms with van der Waals surface area (Å²) in [5.41, 5.74) is 2.12. The molecule has 0 aliphatic heterocycles. The number of fused-ring (bicyclic) bond motifs is 1. The number of carbonyl (C=O) groups excluding carboxylic acids is 1. The molecule has 3 nitrogen and oxygen atoms in total. The summed E-state index contributed by atoms with van der Waals surface area (Å²) in [5.74, 6) is -0.0780. The number of hydrogen-bond acceptors (Lipinski definition) is 3. The monoisotopic (exact) mass is 284 g/mol. The molecule has 1 heterocycles. The van der Waals surface area contributed by atoms with Gasteiger partial charge in [-0.2, -0.15) is 0 Å². The van der Waals surface area contributed by atoms with Crippen molar-refractivity contribution in [3.63, 3.8) is 0 Å². The Balaban J connectivity index is 2.34. The molecular formula is C10H9BrN2OS. The second kappa shape index (κ2) is 4.28. The molecule has 0 radical (unpaired) electrons. The molecule has 0 saturated carbocycles. The first-order valence-corrected chi connectivity index (χ1v) is 6.36. The minimum Gasteiger partial charge on any atom is -0.301 e. The number of benzene rings is 1. The van der Waals surface area contributed by atoms with Crippen LogP contribution in [0.1, 0.15) is 5.56 Å². The number of nitrogens with one attached hydrogen (secondary N) is 1. The molecular weight excluding hydrogens is 276 g/mol. The van der Waals surface area contributed by atoms with Crippen molar-refractivity contribution >= 4 is 48.5 Å². The number of nitrogens with zero attached hydrogens (tertiary/aromatic N) is 1. The Labute approximate surface area is 99.6 Å². The molecule has 1 N–H and O–H groups in total. The second-order valence-corrected chi connectivity index (χ2v) is 4.76. The van der Waals surface area contributed by atoms with Crippen LogP contribution in [-0.2, 0) is 4.79 Å². The zero-order valence-corrected chi connectivity index (χ0v) is 10.5. The van der Waals surface area contributed by atoms with E-state index in [1.807, 2.05) is 19.1 Å². The molecule has 1 aromatic heterocycles. The van der Waals surface area contributed by atoms with Gasteiger partial charge in [0.1, 0.15) is 0 Å². The smallest absolute Gasteiger partial charge is 0.236 e. The fraction of sp³-hybridized carbons (Fsp3) is 0.200. The highest BCUT2D eigenvalue weighted by molar-refractivity contribution is 9.09. The van der Waals surface area contributed by atoms with Crippen LogP contribution in [0.5, 0.6) is 0 Å². The van der Waals surface area contributed by atoms with Gasteiger partial charge in [-0.25, -0.2) is 4.98 Å². The van der Waals surface area contributed by atoms with Crippen molar-refractivity contribution in [1.82, 2.24) is 4.98 Å². The lowest BCUT2D eigenvalue weighted by Gasteiger charge is -1.94. The summed E-state index contributed by atoms with van der Waals surface area (Å²) in [6.45, 7) is 2.04. The first-order valence-electron chi connectivity index (χ1n) is 4.42. The summed E-state index contributed by atoms with van der Waals surface area (Å²) in [6, 6.07) is 6.04. The summed E-state index contributed by atoms with van der Waals surface area (Å²) in [7, 11) is 0. The summed E-state index contributed by atoms with van der Waals surface area (Å²) < 4.78 is 1.10. The number of aryl methyl sites for hydroxylation is 1. The lowest BCUT2D eigenvalue weighted by Crippen LogP contribution is -2.11. The van der Waals surface area contributed by atoms with E-state index in [2.05, 4.69) is 32.3 Å². The van der Waals surface area contributed by atoms with Crippen LogP contribution in [0.15, 0.2) is 18.2 Å². The molecule has 0 spiro atoms. The number of thiazole rings is 1. The van der Waals surface area contributed by atoms with Gasteiger partial charge in [0.05, 0.1) is 15.5 Å². The van der Waals surface area contributed by atoms with Gasteiger partial charge in [-0.05, 0) is 24.6 Å². The molecule has 0 aliphatic carbocycles. The van der Waals surface area contributed by atoms with E-state index < -0.39 is 0 Å². The number of amides is 1. The molecule has 0 bridgehead atoms. The zero-order valence-electron chi connectivity index (χ0n) is 8.08. The highest BCUT2D eigenvalue weighted by atomic mass is 79.9. The van der Waals surface area contributed by atoms with Crippen molar-refractivity contribution < 1.29 is 4.79 Å². The topological polar surface area (TPSA) is 42.0 Å². The molecule has 0 aliphatic rings. The lowest BCUT2D eigenvalue weighted by atomic mass is 10.2. The van der Waals surface area contributed by atoms with Gasteiger partial charge in [-0.15, -0.1) is 0 Å². The number of halogens is 1. The number of alkyl halides is 1. The Morgan fingerprint density at radius 3 is 3.13 bits per heavy atom. The zero-order chi connectivity index (χ0) is 10.8. The van der Waals surface area contributed by atoms with E-state index in [9.17, 15) is 4.79 Å². The van der Waals surface area contributed by atoms with Crippen molar-refractivity contribution in [3.05, 3.63) is 23.8 Å². The number of rotatable bonds is 2. The molecule has 2 rings (SSSR count). The Morgan fingerprint density at radius 1 is 1.60 bits per heavy atom. The Kier molecular flexibility index (Phi) is 3.02. The van der Waals surface area contributed by atoms with Crippen LogP contribution in [0.25, 0.3) is 10.2 Å². The average molecular weight is 285 g/mol. The first-order chi connectivity index (χ1) is 7.19. The number of aromatic nitrogens is 1. The molecule has 0 unspecified atom stereocenters. The first kappa shape index (κ1) is 10.6. The van der Waals surface area contributed by atoms with Gasteiger partial charge in [0.2, 0.25) is 5.91 Å². The van der Waals surface area contributed by atoms with Crippen LogP contribution in [0, 0.1) is 6.92 Å². The summed E-state index contributed by atoms with van der Waals surface area (Å²) >= 11 is 4.58. The van der Waals surface area contributed by atoms with Crippen LogP contribution >= 0.6 is 27.3 Å². The van der Waals surface area contributed by atoms with Gasteiger partial charge in [0.25, 0.3) is 0 Å². The third-order valence-corrected chi connectivity index (χ3v) is 3.35. The van der Waals surface area contributed by atoms with Crippen molar-refractivity contribution in [2.45, 2.75) is 6.92 Å². The van der Waals surface area contributed by atoms with Crippen LogP contribution < -0.4 is 5.32 Å². The highest BCUT2D eigenvalue weighted by Gasteiger charge is 2.06. The lowest BCUT2D eigenvalue weighted by molar-refractivity contribution is -0.113. The molecule has 15 heavy (non-hydrogen) atoms. The standard InChI is InChI=1S/C10H9BrN2OS/c1-6-2-3-7-8(4-6)15-10(12-7)13-9(14)5-11/h2-4H,5H2,1H3,(H,12,13,14). The fourth-order valence-electron chi connectivity index (χ4n) is 1.24. The Morgan fingerprint density at radius 2 is 2.40 bits per heavy atom. The van der Waals surface area contributed by atoms with E-state index in [4.69, 9.17) is 0 Å². The predicted molar refractivity (Wildman–Crippen MR) is 66.8 cm³/mol. The minimum absolute atomic E-state index is 0.0780. The predicted octanol–water partition coefficient (Wildman–Crippen LogP) is 2.94. The van der Waals surface area contributed by atoms with E-state index >= 15 is 0 Å². The second-order valence-electron chi connectivity index (χ2n) is 3.17. The van der Waals surface area contributed by atoms with E-state index in [1.165, 1.54) is 16.9 Å². The van der Waals surface area contributed by atoms with Gasteiger partial charge in [0.15, 0.2) is 5.13 Å². The van der Waals surface area contributed by atoms with Gasteiger partial charge < -0.3 is 5.32 Å². The van der Waals surface area contributed by atoms with Crippen molar-refractivity contribution in [2.75, 3.05) is 10.6 Å². The number of hydrogen-bond donors (Lipinski definition) is 1. The normalized spacial score (nSPS) is 10.5. The third-order valence-electron chi connectivity index (χ3n) is 1.91. The maximum atomic E-state index is 11.1. The largest absolute Gasteiger partial charge is 0.301 e. The van der Waals surface area contributed by atoms with Gasteiger partial charge in [-0.1, -0.05) is 33.3 Å². The van der Waals surface area contributed by atoms with Gasteiger partial charge >= 0.3 is 0 Å². The van der Waals surface area contributed by atoms with E-state index in [-0.39, 0.29) is 5.91 Å².